The second-order valence-electron chi connectivity index (χ2n) is 22.4. The van der Waals surface area contributed by atoms with E-state index in [-0.39, 0.29) is 0 Å². The first kappa shape index (κ1) is 51.9. The Morgan fingerprint density at radius 2 is 0.489 bits per heavy atom. The highest BCUT2D eigenvalue weighted by molar-refractivity contribution is 6.11. The summed E-state index contributed by atoms with van der Waals surface area (Å²) in [6, 6.07) is 103. The van der Waals surface area contributed by atoms with Crippen LogP contribution in [0.5, 0.6) is 0 Å². The molecule has 0 unspecified atom stereocenters. The van der Waals surface area contributed by atoms with Crippen molar-refractivity contribution >= 4 is 43.6 Å². The van der Waals surface area contributed by atoms with Gasteiger partial charge in [0.25, 0.3) is 0 Å². The molecule has 0 aliphatic heterocycles. The molecule has 4 aromatic heterocycles. The minimum Gasteiger partial charge on any atom is -0.309 e. The number of fused-ring (bicyclic) bond motifs is 6. The maximum atomic E-state index is 5.39. The zero-order chi connectivity index (χ0) is 58.7. The summed E-state index contributed by atoms with van der Waals surface area (Å²) in [5, 5.41) is 4.79. The maximum Gasteiger partial charge on any atom is 0.164 e. The van der Waals surface area contributed by atoms with Crippen LogP contribution in [0.1, 0.15) is 11.1 Å². The number of para-hydroxylation sites is 2. The quantitative estimate of drug-likeness (QED) is 0.128. The van der Waals surface area contributed by atoms with Gasteiger partial charge in [-0.3, -0.25) is 0 Å². The Bertz CT molecular complexity index is 4890. The Kier molecular flexibility index (Phi) is 12.8. The van der Waals surface area contributed by atoms with Crippen LogP contribution in [0.25, 0.3) is 157 Å². The Labute approximate surface area is 509 Å². The molecule has 0 bridgehead atoms. The van der Waals surface area contributed by atoms with Crippen molar-refractivity contribution in [3.8, 4) is 113 Å². The molecule has 88 heavy (non-hydrogen) atoms. The number of hydrogen-bond acceptors (Lipinski definition) is 6. The van der Waals surface area contributed by atoms with E-state index in [9.17, 15) is 0 Å². The van der Waals surface area contributed by atoms with Crippen molar-refractivity contribution in [2.45, 2.75) is 13.8 Å². The second kappa shape index (κ2) is 21.7. The number of hydrogen-bond donors (Lipinski definition) is 0. The largest absolute Gasteiger partial charge is 0.309 e. The van der Waals surface area contributed by atoms with E-state index >= 15 is 0 Å². The summed E-state index contributed by atoms with van der Waals surface area (Å²) in [5.74, 6) is 3.48. The number of nitrogens with zero attached hydrogens (tertiary/aromatic N) is 8. The molecule has 414 valence electrons. The molecule has 0 fully saturated rings. The van der Waals surface area contributed by atoms with Gasteiger partial charge in [-0.1, -0.05) is 230 Å². The van der Waals surface area contributed by atoms with Crippen molar-refractivity contribution in [2.24, 2.45) is 0 Å². The lowest BCUT2D eigenvalue weighted by Gasteiger charge is -2.20. The summed E-state index contributed by atoms with van der Waals surface area (Å²) in [7, 11) is 0. The van der Waals surface area contributed by atoms with Gasteiger partial charge < -0.3 is 9.13 Å². The summed E-state index contributed by atoms with van der Waals surface area (Å²) < 4.78 is 4.78. The monoisotopic (exact) mass is 1130 g/mol. The third kappa shape index (κ3) is 9.19. The van der Waals surface area contributed by atoms with Crippen LogP contribution in [0, 0.1) is 13.8 Å². The fourth-order valence-corrected chi connectivity index (χ4v) is 12.7. The van der Waals surface area contributed by atoms with Gasteiger partial charge in [-0.25, -0.2) is 29.9 Å². The molecule has 8 heteroatoms. The van der Waals surface area contributed by atoms with Crippen LogP contribution < -0.4 is 0 Å². The number of benzene rings is 12. The molecule has 0 atom stereocenters. The van der Waals surface area contributed by atoms with Crippen LogP contribution in [0.15, 0.2) is 291 Å². The molecule has 0 radical (unpaired) electrons. The van der Waals surface area contributed by atoms with Crippen LogP contribution in [0.4, 0.5) is 0 Å². The minimum absolute atomic E-state index is 0.560. The van der Waals surface area contributed by atoms with Crippen LogP contribution in [-0.4, -0.2) is 39.0 Å². The smallest absolute Gasteiger partial charge is 0.164 e. The van der Waals surface area contributed by atoms with Gasteiger partial charge in [-0.15, -0.1) is 0 Å². The minimum atomic E-state index is 0.560. The topological polar surface area (TPSA) is 87.2 Å². The summed E-state index contributed by atoms with van der Waals surface area (Å²) >= 11 is 0. The standard InChI is InChI=1S/C80H54N8/c1-51-39-45-73-69(47-51)63-35-19-21-37-71(63)87(73)57-41-43-65(79-83-75(53-23-7-3-8-24-53)81-76(84-79)54-25-9-4-10-26-54)67(49-57)61-33-17-15-31-59(61)60-32-16-18-34-62(60)68-50-58(88-72-38-22-20-36-64(72)70-48-52(2)40-46-74(70)88)42-44-66(68)80-85-77(55-27-11-5-12-28-55)82-78(86-80)56-29-13-6-14-30-56/h3-50H,1-2H3. The highest BCUT2D eigenvalue weighted by atomic mass is 15.0. The van der Waals surface area contributed by atoms with Gasteiger partial charge in [0.2, 0.25) is 0 Å². The van der Waals surface area contributed by atoms with Crippen molar-refractivity contribution in [3.63, 3.8) is 0 Å². The Hall–Kier alpha value is -11.7. The fraction of sp³-hybridized carbons (Fsp3) is 0.0250. The maximum absolute atomic E-state index is 5.39. The molecule has 16 aromatic rings. The molecule has 0 N–H and O–H groups in total. The van der Waals surface area contributed by atoms with Gasteiger partial charge in [0.1, 0.15) is 0 Å². The third-order valence-corrected chi connectivity index (χ3v) is 16.8. The van der Waals surface area contributed by atoms with E-state index in [1.54, 1.807) is 0 Å². The lowest BCUT2D eigenvalue weighted by molar-refractivity contribution is 1.07. The highest BCUT2D eigenvalue weighted by Gasteiger charge is 2.25. The SMILES string of the molecule is Cc1ccc2c(c1)c1ccccc1n2-c1ccc(-c2nc(-c3ccccc3)nc(-c3ccccc3)n2)c(-c2ccccc2-c2ccccc2-c2cc(-n3c4ccccc4c4cc(C)ccc43)ccc2-c2nc(-c3ccccc3)nc(-c3ccccc3)n2)c1. The van der Waals surface area contributed by atoms with E-state index in [4.69, 9.17) is 29.9 Å². The van der Waals surface area contributed by atoms with Gasteiger partial charge in [0, 0.05) is 66.3 Å². The first-order valence-electron chi connectivity index (χ1n) is 29.7. The molecule has 4 heterocycles. The van der Waals surface area contributed by atoms with Crippen LogP contribution in [0.2, 0.25) is 0 Å². The average Bonchev–Trinajstić information content (AvgIpc) is 3.33. The number of aromatic nitrogens is 8. The predicted octanol–water partition coefficient (Wildman–Crippen LogP) is 19.9. The van der Waals surface area contributed by atoms with E-state index in [0.29, 0.717) is 34.9 Å². The van der Waals surface area contributed by atoms with Crippen LogP contribution in [-0.2, 0) is 0 Å². The molecule has 12 aromatic carbocycles. The second-order valence-corrected chi connectivity index (χ2v) is 22.4. The number of rotatable bonds is 11. The molecule has 0 amide bonds. The van der Waals surface area contributed by atoms with Crippen molar-refractivity contribution in [1.29, 1.82) is 0 Å². The van der Waals surface area contributed by atoms with Crippen molar-refractivity contribution in [2.75, 3.05) is 0 Å². The van der Waals surface area contributed by atoms with Crippen LogP contribution in [0.3, 0.4) is 0 Å². The summed E-state index contributed by atoms with van der Waals surface area (Å²) in [6.07, 6.45) is 0. The fourth-order valence-electron chi connectivity index (χ4n) is 12.7. The van der Waals surface area contributed by atoms with Crippen molar-refractivity contribution in [1.82, 2.24) is 39.0 Å². The number of aryl methyl sites for hydroxylation is 2. The first-order valence-corrected chi connectivity index (χ1v) is 29.7. The first-order chi connectivity index (χ1) is 43.5. The summed E-state index contributed by atoms with van der Waals surface area (Å²) in [6.45, 7) is 4.32. The molecule has 8 nitrogen and oxygen atoms in total. The van der Waals surface area contributed by atoms with E-state index in [1.807, 2.05) is 72.8 Å². The van der Waals surface area contributed by atoms with E-state index in [2.05, 4.69) is 241 Å². The summed E-state index contributed by atoms with van der Waals surface area (Å²) in [4.78, 5) is 31.8. The molecular formula is C80H54N8. The Balaban J connectivity index is 0.967. The van der Waals surface area contributed by atoms with E-state index < -0.39 is 0 Å². The lowest BCUT2D eigenvalue weighted by atomic mass is 9.86. The lowest BCUT2D eigenvalue weighted by Crippen LogP contribution is -2.03. The Morgan fingerprint density at radius 3 is 0.841 bits per heavy atom. The molecule has 0 aliphatic carbocycles. The summed E-state index contributed by atoms with van der Waals surface area (Å²) in [5.41, 5.74) is 20.2. The van der Waals surface area contributed by atoms with Gasteiger partial charge >= 0.3 is 0 Å². The molecule has 16 rings (SSSR count). The third-order valence-electron chi connectivity index (χ3n) is 16.8. The molecule has 0 aliphatic rings. The zero-order valence-corrected chi connectivity index (χ0v) is 48.3. The molecule has 0 saturated heterocycles. The van der Waals surface area contributed by atoms with Crippen LogP contribution >= 0.6 is 0 Å². The van der Waals surface area contributed by atoms with Crippen molar-refractivity contribution in [3.05, 3.63) is 302 Å². The van der Waals surface area contributed by atoms with Gasteiger partial charge in [-0.2, -0.15) is 0 Å². The highest BCUT2D eigenvalue weighted by Crippen LogP contribution is 2.46. The van der Waals surface area contributed by atoms with Gasteiger partial charge in [0.15, 0.2) is 34.9 Å². The molecule has 0 spiro atoms. The normalized spacial score (nSPS) is 11.5. The molecular weight excluding hydrogens is 1070 g/mol. The van der Waals surface area contributed by atoms with E-state index in [0.717, 1.165) is 100 Å². The van der Waals surface area contributed by atoms with E-state index in [1.165, 1.54) is 32.7 Å². The molecule has 0 saturated carbocycles. The Morgan fingerprint density at radius 1 is 0.205 bits per heavy atom. The average molecular weight is 1130 g/mol. The zero-order valence-electron chi connectivity index (χ0n) is 48.3. The van der Waals surface area contributed by atoms with Crippen molar-refractivity contribution < 1.29 is 0 Å². The van der Waals surface area contributed by atoms with Gasteiger partial charge in [0.05, 0.1) is 22.1 Å². The van der Waals surface area contributed by atoms with Gasteiger partial charge in [-0.05, 0) is 120 Å². The predicted molar refractivity (Wildman–Crippen MR) is 360 cm³/mol.